The van der Waals surface area contributed by atoms with E-state index in [0.717, 1.165) is 18.7 Å². The molecular formula is C33H36ClN5O6. The maximum atomic E-state index is 13.6. The van der Waals surface area contributed by atoms with E-state index in [1.54, 1.807) is 62.3 Å². The van der Waals surface area contributed by atoms with Crippen molar-refractivity contribution in [2.75, 3.05) is 72.6 Å². The molecule has 4 aromatic rings. The lowest BCUT2D eigenvalue weighted by Crippen LogP contribution is -2.45. The number of benzene rings is 3. The molecule has 11 nitrogen and oxygen atoms in total. The summed E-state index contributed by atoms with van der Waals surface area (Å²) in [6, 6.07) is 19.7. The largest absolute Gasteiger partial charge is 0.497 e. The standard InChI is InChI=1S/C33H36ClN5O6/c1-42-25-11-8-23(9-12-25)28-21-39(24-10-13-29(43-2)30(20-24)44-3)33(35-28)36-31(40)22-38(15-14-37-16-18-45-19-17-37)32(41)26-6-4-5-7-27(26)34/h4-13,20-21H,14-19,22H2,1-3H3,(H,35,36,40). The maximum absolute atomic E-state index is 13.6. The van der Waals surface area contributed by atoms with E-state index in [9.17, 15) is 9.59 Å². The molecule has 5 rings (SSSR count). The first-order chi connectivity index (χ1) is 21.9. The Bertz CT molecular complexity index is 1620. The third-order valence-corrected chi connectivity index (χ3v) is 7.83. The number of hydrogen-bond acceptors (Lipinski definition) is 8. The number of imidazole rings is 1. The Morgan fingerprint density at radius 2 is 1.69 bits per heavy atom. The fourth-order valence-corrected chi connectivity index (χ4v) is 5.24. The molecule has 3 aromatic carbocycles. The average molecular weight is 634 g/mol. The molecule has 0 unspecified atom stereocenters. The van der Waals surface area contributed by atoms with Crippen molar-refractivity contribution in [2.24, 2.45) is 0 Å². The van der Waals surface area contributed by atoms with Crippen LogP contribution in [0.4, 0.5) is 5.95 Å². The van der Waals surface area contributed by atoms with Crippen LogP contribution in [0.15, 0.2) is 72.9 Å². The molecule has 236 valence electrons. The number of aromatic nitrogens is 2. The topological polar surface area (TPSA) is 107 Å². The van der Waals surface area contributed by atoms with Gasteiger partial charge in [0.05, 0.1) is 56.5 Å². The molecule has 0 atom stereocenters. The Labute approximate surface area is 267 Å². The Morgan fingerprint density at radius 1 is 0.956 bits per heavy atom. The van der Waals surface area contributed by atoms with Crippen molar-refractivity contribution in [3.63, 3.8) is 0 Å². The average Bonchev–Trinajstić information content (AvgIpc) is 3.50. The van der Waals surface area contributed by atoms with Crippen LogP contribution in [0, 0.1) is 0 Å². The van der Waals surface area contributed by atoms with Crippen molar-refractivity contribution in [2.45, 2.75) is 0 Å². The zero-order chi connectivity index (χ0) is 31.8. The van der Waals surface area contributed by atoms with E-state index in [0.29, 0.717) is 65.5 Å². The first-order valence-electron chi connectivity index (χ1n) is 14.5. The van der Waals surface area contributed by atoms with Crippen LogP contribution in [0.5, 0.6) is 17.2 Å². The summed E-state index contributed by atoms with van der Waals surface area (Å²) in [6.45, 7) is 3.51. The number of nitrogens with zero attached hydrogens (tertiary/aromatic N) is 4. The molecule has 0 saturated carbocycles. The summed E-state index contributed by atoms with van der Waals surface area (Å²) in [5.41, 5.74) is 2.47. The summed E-state index contributed by atoms with van der Waals surface area (Å²) in [5, 5.41) is 3.26. The third kappa shape index (κ3) is 7.75. The molecule has 0 radical (unpaired) electrons. The van der Waals surface area contributed by atoms with Gasteiger partial charge >= 0.3 is 0 Å². The van der Waals surface area contributed by atoms with Crippen LogP contribution in [0.1, 0.15) is 10.4 Å². The minimum absolute atomic E-state index is 0.203. The van der Waals surface area contributed by atoms with E-state index in [-0.39, 0.29) is 18.4 Å². The molecule has 2 amide bonds. The molecule has 1 aromatic heterocycles. The van der Waals surface area contributed by atoms with Crippen molar-refractivity contribution < 1.29 is 28.5 Å². The second kappa shape index (κ2) is 14.9. The van der Waals surface area contributed by atoms with Crippen LogP contribution in [0.3, 0.4) is 0 Å². The number of rotatable bonds is 12. The van der Waals surface area contributed by atoms with Crippen LogP contribution < -0.4 is 19.5 Å². The van der Waals surface area contributed by atoms with Crippen molar-refractivity contribution in [3.8, 4) is 34.2 Å². The van der Waals surface area contributed by atoms with Gasteiger partial charge in [-0.3, -0.25) is 24.4 Å². The van der Waals surface area contributed by atoms with E-state index < -0.39 is 5.91 Å². The van der Waals surface area contributed by atoms with Crippen LogP contribution in [-0.2, 0) is 9.53 Å². The quantitative estimate of drug-likeness (QED) is 0.241. The lowest BCUT2D eigenvalue weighted by molar-refractivity contribution is -0.117. The monoisotopic (exact) mass is 633 g/mol. The van der Waals surface area contributed by atoms with Crippen molar-refractivity contribution in [1.82, 2.24) is 19.4 Å². The first kappa shape index (κ1) is 31.8. The predicted molar refractivity (Wildman–Crippen MR) is 172 cm³/mol. The second-order valence-electron chi connectivity index (χ2n) is 10.3. The number of carbonyl (C=O) groups excluding carboxylic acids is 2. The maximum Gasteiger partial charge on any atom is 0.255 e. The molecule has 1 saturated heterocycles. The molecule has 1 aliphatic rings. The molecule has 0 bridgehead atoms. The summed E-state index contributed by atoms with van der Waals surface area (Å²) in [5.74, 6) is 1.34. The van der Waals surface area contributed by atoms with Gasteiger partial charge in [0.15, 0.2) is 11.5 Å². The van der Waals surface area contributed by atoms with Gasteiger partial charge in [-0.2, -0.15) is 0 Å². The Kier molecular flexibility index (Phi) is 10.6. The number of amides is 2. The number of ether oxygens (including phenoxy) is 4. The van der Waals surface area contributed by atoms with Gasteiger partial charge in [-0.15, -0.1) is 0 Å². The van der Waals surface area contributed by atoms with Crippen LogP contribution in [-0.4, -0.2) is 98.4 Å². The minimum atomic E-state index is -0.411. The molecule has 1 aliphatic heterocycles. The number of halogens is 1. The molecule has 1 N–H and O–H groups in total. The van der Waals surface area contributed by atoms with Crippen molar-refractivity contribution in [3.05, 3.63) is 83.5 Å². The summed E-state index contributed by atoms with van der Waals surface area (Å²) in [4.78, 5) is 35.8. The number of morpholine rings is 1. The summed E-state index contributed by atoms with van der Waals surface area (Å²) < 4.78 is 23.4. The predicted octanol–water partition coefficient (Wildman–Crippen LogP) is 4.63. The lowest BCUT2D eigenvalue weighted by atomic mass is 10.1. The molecule has 1 fully saturated rings. The molecule has 12 heteroatoms. The Morgan fingerprint density at radius 3 is 2.38 bits per heavy atom. The zero-order valence-corrected chi connectivity index (χ0v) is 26.3. The zero-order valence-electron chi connectivity index (χ0n) is 25.5. The minimum Gasteiger partial charge on any atom is -0.497 e. The highest BCUT2D eigenvalue weighted by Gasteiger charge is 2.24. The van der Waals surface area contributed by atoms with Crippen LogP contribution in [0.25, 0.3) is 16.9 Å². The first-order valence-corrected chi connectivity index (χ1v) is 14.9. The molecule has 0 spiro atoms. The highest BCUT2D eigenvalue weighted by molar-refractivity contribution is 6.33. The van der Waals surface area contributed by atoms with Gasteiger partial charge in [-0.25, -0.2) is 4.98 Å². The fraction of sp³-hybridized carbons (Fsp3) is 0.303. The van der Waals surface area contributed by atoms with Gasteiger partial charge in [0.25, 0.3) is 5.91 Å². The van der Waals surface area contributed by atoms with E-state index in [1.165, 1.54) is 4.90 Å². The highest BCUT2D eigenvalue weighted by Crippen LogP contribution is 2.32. The summed E-state index contributed by atoms with van der Waals surface area (Å²) in [6.07, 6.45) is 1.82. The van der Waals surface area contributed by atoms with Gasteiger partial charge in [-0.1, -0.05) is 23.7 Å². The second-order valence-corrected chi connectivity index (χ2v) is 10.7. The fourth-order valence-electron chi connectivity index (χ4n) is 5.02. The SMILES string of the molecule is COc1ccc(-c2cn(-c3ccc(OC)c(OC)c3)c(NC(=O)CN(CCN3CCOCC3)C(=O)c3ccccc3Cl)n2)cc1. The third-order valence-electron chi connectivity index (χ3n) is 7.50. The molecule has 2 heterocycles. The van der Waals surface area contributed by atoms with E-state index in [2.05, 4.69) is 10.2 Å². The lowest BCUT2D eigenvalue weighted by Gasteiger charge is -2.30. The highest BCUT2D eigenvalue weighted by atomic mass is 35.5. The van der Waals surface area contributed by atoms with Gasteiger partial charge in [0.2, 0.25) is 11.9 Å². The van der Waals surface area contributed by atoms with Gasteiger partial charge in [0, 0.05) is 44.0 Å². The molecular weight excluding hydrogens is 598 g/mol. The van der Waals surface area contributed by atoms with E-state index in [4.69, 9.17) is 35.5 Å². The van der Waals surface area contributed by atoms with Crippen LogP contribution in [0.2, 0.25) is 5.02 Å². The van der Waals surface area contributed by atoms with E-state index >= 15 is 0 Å². The van der Waals surface area contributed by atoms with Crippen molar-refractivity contribution >= 4 is 29.4 Å². The van der Waals surface area contributed by atoms with Gasteiger partial charge in [0.1, 0.15) is 12.3 Å². The van der Waals surface area contributed by atoms with Crippen molar-refractivity contribution in [1.29, 1.82) is 0 Å². The number of hydrogen-bond donors (Lipinski definition) is 1. The summed E-state index contributed by atoms with van der Waals surface area (Å²) >= 11 is 6.38. The van der Waals surface area contributed by atoms with Gasteiger partial charge < -0.3 is 23.8 Å². The number of methoxy groups -OCH3 is 3. The number of carbonyl (C=O) groups is 2. The Hall–Kier alpha value is -4.58. The molecule has 0 aliphatic carbocycles. The molecule has 45 heavy (non-hydrogen) atoms. The number of nitrogens with one attached hydrogen (secondary N) is 1. The smallest absolute Gasteiger partial charge is 0.255 e. The van der Waals surface area contributed by atoms with Crippen LogP contribution >= 0.6 is 11.6 Å². The van der Waals surface area contributed by atoms with E-state index in [1.807, 2.05) is 36.5 Å². The van der Waals surface area contributed by atoms with Gasteiger partial charge in [-0.05, 0) is 48.5 Å². The normalized spacial score (nSPS) is 13.2. The number of anilines is 1. The Balaban J connectivity index is 1.43. The summed E-state index contributed by atoms with van der Waals surface area (Å²) in [7, 11) is 4.73.